The summed E-state index contributed by atoms with van der Waals surface area (Å²) in [5.74, 6) is -3.00. The number of hydrogen-bond acceptors (Lipinski definition) is 14. The van der Waals surface area contributed by atoms with Crippen molar-refractivity contribution in [3.05, 3.63) is 52.1 Å². The molecule has 0 fully saturated rings. The van der Waals surface area contributed by atoms with Crippen LogP contribution in [0.15, 0.2) is 40.2 Å². The van der Waals surface area contributed by atoms with E-state index in [4.69, 9.17) is 4.18 Å². The van der Waals surface area contributed by atoms with Gasteiger partial charge < -0.3 is 24.6 Å². The number of carbonyl (C=O) groups is 4. The maximum atomic E-state index is 13.1. The van der Waals surface area contributed by atoms with Crippen LogP contribution < -0.4 is 15.8 Å². The summed E-state index contributed by atoms with van der Waals surface area (Å²) in [4.78, 5) is 84.0. The van der Waals surface area contributed by atoms with E-state index in [-0.39, 0.29) is 34.9 Å². The number of ether oxygens (including phenoxy) is 2. The molecule has 45 heavy (non-hydrogen) atoms. The van der Waals surface area contributed by atoms with Crippen LogP contribution in [0.1, 0.15) is 28.9 Å². The van der Waals surface area contributed by atoms with Crippen LogP contribution in [0.5, 0.6) is 0 Å². The lowest BCUT2D eigenvalue weighted by molar-refractivity contribution is -0.163. The summed E-state index contributed by atoms with van der Waals surface area (Å²) >= 11 is 0. The lowest BCUT2D eigenvalue weighted by atomic mass is 10.1. The number of aromatic nitrogens is 4. The number of aromatic amines is 1. The van der Waals surface area contributed by atoms with E-state index in [1.165, 1.54) is 41.7 Å². The van der Waals surface area contributed by atoms with Crippen molar-refractivity contribution in [1.82, 2.24) is 30.2 Å². The van der Waals surface area contributed by atoms with Crippen molar-refractivity contribution < 1.29 is 41.3 Å². The van der Waals surface area contributed by atoms with Crippen LogP contribution in [0.25, 0.3) is 11.2 Å². The lowest BCUT2D eigenvalue weighted by Crippen LogP contribution is -2.58. The number of methoxy groups -OCH3 is 2. The summed E-state index contributed by atoms with van der Waals surface area (Å²) < 4.78 is 38.1. The van der Waals surface area contributed by atoms with Crippen molar-refractivity contribution in [3.63, 3.8) is 0 Å². The van der Waals surface area contributed by atoms with Gasteiger partial charge in [-0.25, -0.2) is 23.9 Å². The van der Waals surface area contributed by atoms with E-state index in [1.807, 2.05) is 0 Å². The van der Waals surface area contributed by atoms with Gasteiger partial charge in [0.15, 0.2) is 11.2 Å². The lowest BCUT2D eigenvalue weighted by Gasteiger charge is -2.30. The SMILES string of the molecule is COC(=O)CCC(NC(=O)c1ccc(N(C=O)Cc2cnc3nc(N=CN(C)C)[nH]c(=O)c3n2)cc1)(OS(C)(=O)=O)C(=O)OC. The van der Waals surface area contributed by atoms with Gasteiger partial charge in [-0.3, -0.25) is 24.2 Å². The Balaban J connectivity index is 1.84. The van der Waals surface area contributed by atoms with Crippen LogP contribution in [0.2, 0.25) is 0 Å². The van der Waals surface area contributed by atoms with Crippen molar-refractivity contribution in [1.29, 1.82) is 0 Å². The third-order valence-electron chi connectivity index (χ3n) is 5.82. The summed E-state index contributed by atoms with van der Waals surface area (Å²) in [6, 6.07) is 5.38. The van der Waals surface area contributed by atoms with E-state index in [9.17, 15) is 32.4 Å². The zero-order valence-corrected chi connectivity index (χ0v) is 25.7. The summed E-state index contributed by atoms with van der Waals surface area (Å²) in [7, 11) is 1.18. The van der Waals surface area contributed by atoms with Gasteiger partial charge in [-0.1, -0.05) is 0 Å². The molecular weight excluding hydrogens is 616 g/mol. The zero-order chi connectivity index (χ0) is 33.4. The van der Waals surface area contributed by atoms with Gasteiger partial charge in [0.1, 0.15) is 0 Å². The second-order valence-corrected chi connectivity index (χ2v) is 11.1. The molecule has 0 radical (unpaired) electrons. The third kappa shape index (κ3) is 9.10. The number of esters is 2. The molecule has 1 unspecified atom stereocenters. The number of carbonyl (C=O) groups excluding carboxylic acids is 4. The Hall–Kier alpha value is -5.30. The van der Waals surface area contributed by atoms with Gasteiger partial charge in [-0.05, 0) is 24.3 Å². The number of nitrogens with one attached hydrogen (secondary N) is 2. The molecule has 0 aliphatic rings. The van der Waals surface area contributed by atoms with E-state index in [0.717, 1.165) is 14.2 Å². The predicted molar refractivity (Wildman–Crippen MR) is 158 cm³/mol. The molecule has 2 heterocycles. The zero-order valence-electron chi connectivity index (χ0n) is 24.8. The van der Waals surface area contributed by atoms with Crippen LogP contribution in [0.3, 0.4) is 0 Å². The summed E-state index contributed by atoms with van der Waals surface area (Å²) in [6.45, 7) is -0.112. The Kier molecular flexibility index (Phi) is 11.0. The quantitative estimate of drug-likeness (QED) is 0.0568. The summed E-state index contributed by atoms with van der Waals surface area (Å²) in [5.41, 5.74) is -2.68. The normalized spacial score (nSPS) is 12.7. The Morgan fingerprint density at radius 3 is 2.38 bits per heavy atom. The first-order valence-electron chi connectivity index (χ1n) is 12.9. The molecule has 1 aromatic carbocycles. The van der Waals surface area contributed by atoms with Crippen molar-refractivity contribution in [2.75, 3.05) is 39.5 Å². The van der Waals surface area contributed by atoms with Gasteiger partial charge in [0.25, 0.3) is 27.3 Å². The molecule has 3 aromatic rings. The van der Waals surface area contributed by atoms with E-state index < -0.39 is 52.1 Å². The number of nitrogens with zero attached hydrogens (tertiary/aromatic N) is 6. The van der Waals surface area contributed by atoms with Crippen LogP contribution in [-0.2, 0) is 44.7 Å². The number of anilines is 1. The molecule has 2 aromatic heterocycles. The number of H-pyrrole nitrogens is 1. The molecule has 2 amide bonds. The molecule has 0 saturated heterocycles. The molecule has 2 N–H and O–H groups in total. The molecular formula is C26H30N8O10S. The van der Waals surface area contributed by atoms with Gasteiger partial charge in [-0.2, -0.15) is 13.4 Å². The predicted octanol–water partition coefficient (Wildman–Crippen LogP) is -0.374. The fourth-order valence-corrected chi connectivity index (χ4v) is 4.50. The van der Waals surface area contributed by atoms with Gasteiger partial charge in [0.2, 0.25) is 12.4 Å². The van der Waals surface area contributed by atoms with Crippen LogP contribution >= 0.6 is 0 Å². The van der Waals surface area contributed by atoms with Gasteiger partial charge in [-0.15, -0.1) is 0 Å². The maximum Gasteiger partial charge on any atom is 0.360 e. The topological polar surface area (TPSA) is 233 Å². The van der Waals surface area contributed by atoms with E-state index in [2.05, 4.69) is 39.7 Å². The number of amides is 2. The molecule has 240 valence electrons. The number of hydrogen-bond donors (Lipinski definition) is 2. The molecule has 19 heteroatoms. The number of aliphatic imine (C=N–C) groups is 1. The molecule has 0 saturated carbocycles. The highest BCUT2D eigenvalue weighted by atomic mass is 32.2. The smallest absolute Gasteiger partial charge is 0.360 e. The first kappa shape index (κ1) is 34.2. The Morgan fingerprint density at radius 2 is 1.80 bits per heavy atom. The largest absolute Gasteiger partial charge is 0.469 e. The van der Waals surface area contributed by atoms with Gasteiger partial charge >= 0.3 is 11.9 Å². The minimum Gasteiger partial charge on any atom is -0.469 e. The fraction of sp³-hybridized carbons (Fsp3) is 0.346. The molecule has 0 aliphatic heterocycles. The summed E-state index contributed by atoms with van der Waals surface area (Å²) in [6.07, 6.45) is 2.82. The highest BCUT2D eigenvalue weighted by Crippen LogP contribution is 2.23. The standard InChI is InChI=1S/C26H30N8O10S/c1-33(2)14-28-25-30-21-20(23(38)31-25)29-17(12-27-21)13-34(15-35)18-8-6-16(7-9-18)22(37)32-26(24(39)43-4,44-45(5,40)41)11-10-19(36)42-3/h6-9,12,14-15H,10-11,13H2,1-5H3,(H,32,37)(H,27,30,31,38). The van der Waals surface area contributed by atoms with Crippen molar-refractivity contribution in [3.8, 4) is 0 Å². The van der Waals surface area contributed by atoms with Crippen molar-refractivity contribution in [2.45, 2.75) is 25.1 Å². The molecule has 0 bridgehead atoms. The van der Waals surface area contributed by atoms with Gasteiger partial charge in [0, 0.05) is 31.8 Å². The number of rotatable bonds is 14. The summed E-state index contributed by atoms with van der Waals surface area (Å²) in [5, 5.41) is 2.20. The Labute approximate surface area is 256 Å². The van der Waals surface area contributed by atoms with Crippen LogP contribution in [0, 0.1) is 0 Å². The van der Waals surface area contributed by atoms with Crippen LogP contribution in [0.4, 0.5) is 11.6 Å². The molecule has 3 rings (SSSR count). The van der Waals surface area contributed by atoms with Crippen LogP contribution in [-0.4, -0.2) is 104 Å². The molecule has 1 atom stereocenters. The monoisotopic (exact) mass is 646 g/mol. The molecule has 0 spiro atoms. The van der Waals surface area contributed by atoms with E-state index in [1.54, 1.807) is 19.0 Å². The second kappa shape index (κ2) is 14.4. The average Bonchev–Trinajstić information content (AvgIpc) is 3.00. The molecule has 18 nitrogen and oxygen atoms in total. The first-order valence-corrected chi connectivity index (χ1v) is 14.7. The Bertz CT molecular complexity index is 1780. The van der Waals surface area contributed by atoms with E-state index in [0.29, 0.717) is 18.4 Å². The third-order valence-corrected chi connectivity index (χ3v) is 6.41. The van der Waals surface area contributed by atoms with Gasteiger partial charge in [0.05, 0.1) is 51.7 Å². The highest BCUT2D eigenvalue weighted by Gasteiger charge is 2.46. The fourth-order valence-electron chi connectivity index (χ4n) is 3.79. The highest BCUT2D eigenvalue weighted by molar-refractivity contribution is 7.86. The minimum atomic E-state index is -4.35. The van der Waals surface area contributed by atoms with Crippen molar-refractivity contribution in [2.24, 2.45) is 4.99 Å². The molecule has 0 aliphatic carbocycles. The number of benzene rings is 1. The number of fused-ring (bicyclic) bond motifs is 1. The average molecular weight is 647 g/mol. The first-order chi connectivity index (χ1) is 21.2. The second-order valence-electron chi connectivity index (χ2n) is 9.55. The van der Waals surface area contributed by atoms with E-state index >= 15 is 0 Å². The minimum absolute atomic E-state index is 0.0390. The Morgan fingerprint density at radius 1 is 1.11 bits per heavy atom. The van der Waals surface area contributed by atoms with Crippen molar-refractivity contribution >= 4 is 63.5 Å². The maximum absolute atomic E-state index is 13.1.